The van der Waals surface area contributed by atoms with Gasteiger partial charge in [0.2, 0.25) is 0 Å². The molecule has 0 spiro atoms. The number of hydrogen-bond donors (Lipinski definition) is 1. The van der Waals surface area contributed by atoms with E-state index < -0.39 is 5.97 Å². The fraction of sp³-hybridized carbons (Fsp3) is 0.333. The molecule has 0 aliphatic heterocycles. The number of carboxylic acids is 1. The van der Waals surface area contributed by atoms with Crippen molar-refractivity contribution in [3.05, 3.63) is 64.2 Å². The Balaban J connectivity index is 1.84. The molecule has 0 aliphatic rings. The second-order valence-electron chi connectivity index (χ2n) is 7.14. The normalized spacial score (nSPS) is 12.0. The third kappa shape index (κ3) is 6.00. The van der Waals surface area contributed by atoms with Gasteiger partial charge < -0.3 is 14.7 Å². The van der Waals surface area contributed by atoms with Gasteiger partial charge in [-0.3, -0.25) is 0 Å². The van der Waals surface area contributed by atoms with E-state index >= 15 is 0 Å². The quantitative estimate of drug-likeness (QED) is 0.403. The third-order valence-electron chi connectivity index (χ3n) is 3.98. The lowest BCUT2D eigenvalue weighted by atomic mass is 9.86. The summed E-state index contributed by atoms with van der Waals surface area (Å²) in [4.78, 5) is 16.2. The van der Waals surface area contributed by atoms with Gasteiger partial charge in [-0.25, -0.2) is 4.79 Å². The van der Waals surface area contributed by atoms with Crippen LogP contribution in [0.5, 0.6) is 5.75 Å². The first kappa shape index (κ1) is 20.8. The lowest BCUT2D eigenvalue weighted by molar-refractivity contribution is 0.0696. The zero-order chi connectivity index (χ0) is 20.0. The van der Waals surface area contributed by atoms with E-state index in [1.54, 1.807) is 0 Å². The predicted octanol–water partition coefficient (Wildman–Crippen LogP) is 5.16. The maximum Gasteiger partial charge on any atom is 0.335 e. The minimum atomic E-state index is -1.04. The molecule has 1 N–H and O–H groups in total. The average Bonchev–Trinajstić information content (AvgIpc) is 2.61. The highest BCUT2D eigenvalue weighted by molar-refractivity contribution is 6.32. The zero-order valence-electron chi connectivity index (χ0n) is 16.0. The van der Waals surface area contributed by atoms with Gasteiger partial charge in [-0.2, -0.15) is 0 Å². The minimum Gasteiger partial charge on any atom is -0.488 e. The van der Waals surface area contributed by atoms with Gasteiger partial charge in [0.1, 0.15) is 12.4 Å². The molecule has 0 radical (unpaired) electrons. The number of rotatable bonds is 7. The number of oxime groups is 1. The van der Waals surface area contributed by atoms with Crippen LogP contribution in [-0.4, -0.2) is 30.0 Å². The number of nitrogens with zero attached hydrogens (tertiary/aromatic N) is 1. The van der Waals surface area contributed by atoms with Crippen LogP contribution in [-0.2, 0) is 10.3 Å². The number of halogens is 1. The highest BCUT2D eigenvalue weighted by atomic mass is 35.5. The summed E-state index contributed by atoms with van der Waals surface area (Å²) in [5.41, 5.74) is 3.26. The lowest BCUT2D eigenvalue weighted by Crippen LogP contribution is -2.11. The number of aromatic carboxylic acids is 1. The van der Waals surface area contributed by atoms with Crippen LogP contribution >= 0.6 is 11.6 Å². The monoisotopic (exact) mass is 389 g/mol. The van der Waals surface area contributed by atoms with E-state index in [9.17, 15) is 4.79 Å². The summed E-state index contributed by atoms with van der Waals surface area (Å²) < 4.78 is 5.49. The molecular formula is C21H24ClNO4. The van der Waals surface area contributed by atoms with Crippen LogP contribution in [0.1, 0.15) is 49.2 Å². The summed E-state index contributed by atoms with van der Waals surface area (Å²) >= 11 is 6.00. The van der Waals surface area contributed by atoms with Crippen LogP contribution in [0.15, 0.2) is 47.6 Å². The van der Waals surface area contributed by atoms with E-state index in [4.69, 9.17) is 26.3 Å². The Hall–Kier alpha value is -2.53. The Bertz CT molecular complexity index is 823. The Labute approximate surface area is 164 Å². The molecule has 0 saturated heterocycles. The fourth-order valence-electron chi connectivity index (χ4n) is 2.35. The number of carbonyl (C=O) groups is 1. The summed E-state index contributed by atoms with van der Waals surface area (Å²) in [6.07, 6.45) is 0. The van der Waals surface area contributed by atoms with Gasteiger partial charge in [-0.15, -0.1) is 0 Å². The summed E-state index contributed by atoms with van der Waals surface area (Å²) in [5.74, 6) is -0.629. The van der Waals surface area contributed by atoms with E-state index in [0.29, 0.717) is 5.75 Å². The van der Waals surface area contributed by atoms with Crippen LogP contribution in [0.2, 0.25) is 5.02 Å². The molecule has 5 nitrogen and oxygen atoms in total. The summed E-state index contributed by atoms with van der Waals surface area (Å²) in [7, 11) is 0. The zero-order valence-corrected chi connectivity index (χ0v) is 16.7. The Morgan fingerprint density at radius 1 is 1.07 bits per heavy atom. The van der Waals surface area contributed by atoms with Gasteiger partial charge in [0.15, 0.2) is 6.61 Å². The first-order chi connectivity index (χ1) is 12.7. The molecule has 0 fully saturated rings. The van der Waals surface area contributed by atoms with E-state index in [0.717, 1.165) is 11.3 Å². The fourth-order valence-corrected chi connectivity index (χ4v) is 2.58. The minimum absolute atomic E-state index is 0.112. The van der Waals surface area contributed by atoms with Crippen LogP contribution in [0.3, 0.4) is 0 Å². The van der Waals surface area contributed by atoms with Crippen LogP contribution in [0.4, 0.5) is 0 Å². The molecule has 144 valence electrons. The van der Waals surface area contributed by atoms with Crippen molar-refractivity contribution in [2.75, 3.05) is 13.2 Å². The number of carboxylic acid groups (broad SMARTS) is 1. The average molecular weight is 390 g/mol. The van der Waals surface area contributed by atoms with E-state index in [1.165, 1.54) is 23.8 Å². The summed E-state index contributed by atoms with van der Waals surface area (Å²) in [5, 5.41) is 13.3. The van der Waals surface area contributed by atoms with E-state index in [1.807, 2.05) is 19.1 Å². The standard InChI is InChI=1S/C21H24ClNO4/c1-14(15-5-8-17(9-6-15)21(2,3)4)23-27-12-11-26-19-10-7-16(20(24)25)13-18(19)22/h5-10,13H,11-12H2,1-4H3,(H,24,25). The van der Waals surface area contributed by atoms with Crippen LogP contribution < -0.4 is 4.74 Å². The molecule has 2 aromatic carbocycles. The van der Waals surface area contributed by atoms with Crippen LogP contribution in [0, 0.1) is 0 Å². The highest BCUT2D eigenvalue weighted by Gasteiger charge is 2.13. The molecule has 0 atom stereocenters. The predicted molar refractivity (Wildman–Crippen MR) is 107 cm³/mol. The largest absolute Gasteiger partial charge is 0.488 e. The van der Waals surface area contributed by atoms with Gasteiger partial charge in [0.05, 0.1) is 16.3 Å². The number of hydrogen-bond acceptors (Lipinski definition) is 4. The Kier molecular flexibility index (Phi) is 6.86. The molecule has 0 aliphatic carbocycles. The molecule has 27 heavy (non-hydrogen) atoms. The lowest BCUT2D eigenvalue weighted by Gasteiger charge is -2.19. The summed E-state index contributed by atoms with van der Waals surface area (Å²) in [6.45, 7) is 8.89. The molecule has 0 amide bonds. The molecule has 0 bridgehead atoms. The maximum atomic E-state index is 10.9. The van der Waals surface area contributed by atoms with Gasteiger partial charge in [0.25, 0.3) is 0 Å². The Morgan fingerprint density at radius 2 is 1.70 bits per heavy atom. The first-order valence-electron chi connectivity index (χ1n) is 8.61. The SMILES string of the molecule is CC(=NOCCOc1ccc(C(=O)O)cc1Cl)c1ccc(C(C)(C)C)cc1. The second-order valence-corrected chi connectivity index (χ2v) is 7.54. The number of ether oxygens (including phenoxy) is 1. The molecule has 6 heteroatoms. The molecular weight excluding hydrogens is 366 g/mol. The number of benzene rings is 2. The van der Waals surface area contributed by atoms with E-state index in [-0.39, 0.29) is 29.2 Å². The van der Waals surface area contributed by atoms with Crippen molar-refractivity contribution in [3.63, 3.8) is 0 Å². The molecule has 2 rings (SSSR count). The van der Waals surface area contributed by atoms with Crippen molar-refractivity contribution in [2.24, 2.45) is 5.16 Å². The van der Waals surface area contributed by atoms with Crippen molar-refractivity contribution in [1.82, 2.24) is 0 Å². The van der Waals surface area contributed by atoms with Crippen LogP contribution in [0.25, 0.3) is 0 Å². The maximum absolute atomic E-state index is 10.9. The van der Waals surface area contributed by atoms with Gasteiger partial charge in [0, 0.05) is 0 Å². The van der Waals surface area contributed by atoms with Crippen molar-refractivity contribution < 1.29 is 19.5 Å². The molecule has 0 heterocycles. The van der Waals surface area contributed by atoms with Crippen molar-refractivity contribution in [3.8, 4) is 5.75 Å². The topological polar surface area (TPSA) is 68.1 Å². The summed E-state index contributed by atoms with van der Waals surface area (Å²) in [6, 6.07) is 12.6. The molecule has 0 aromatic heterocycles. The highest BCUT2D eigenvalue weighted by Crippen LogP contribution is 2.25. The Morgan fingerprint density at radius 3 is 2.26 bits per heavy atom. The van der Waals surface area contributed by atoms with Gasteiger partial charge in [-0.05, 0) is 41.7 Å². The smallest absolute Gasteiger partial charge is 0.335 e. The molecule has 0 saturated carbocycles. The molecule has 2 aromatic rings. The van der Waals surface area contributed by atoms with Crippen molar-refractivity contribution >= 4 is 23.3 Å². The van der Waals surface area contributed by atoms with E-state index in [2.05, 4.69) is 38.1 Å². The van der Waals surface area contributed by atoms with Crippen molar-refractivity contribution in [1.29, 1.82) is 0 Å². The first-order valence-corrected chi connectivity index (χ1v) is 8.99. The van der Waals surface area contributed by atoms with Crippen molar-refractivity contribution in [2.45, 2.75) is 33.1 Å². The second kappa shape index (κ2) is 8.91. The van der Waals surface area contributed by atoms with Gasteiger partial charge >= 0.3 is 5.97 Å². The third-order valence-corrected chi connectivity index (χ3v) is 4.28. The molecule has 0 unspecified atom stereocenters. The van der Waals surface area contributed by atoms with Gasteiger partial charge in [-0.1, -0.05) is 61.8 Å².